The second-order valence-corrected chi connectivity index (χ2v) is 7.89. The molecule has 1 N–H and O–H groups in total. The van der Waals surface area contributed by atoms with Gasteiger partial charge in [0.25, 0.3) is 5.91 Å². The highest BCUT2D eigenvalue weighted by molar-refractivity contribution is 5.83. The van der Waals surface area contributed by atoms with Gasteiger partial charge in [0.15, 0.2) is 23.9 Å². The Morgan fingerprint density at radius 3 is 2.36 bits per heavy atom. The average molecular weight is 490 g/mol. The number of amides is 1. The molecule has 8 nitrogen and oxygen atoms in total. The summed E-state index contributed by atoms with van der Waals surface area (Å²) in [5, 5.41) is 3.19. The fourth-order valence-corrected chi connectivity index (χ4v) is 3.76. The van der Waals surface area contributed by atoms with Crippen molar-refractivity contribution in [3.63, 3.8) is 0 Å². The number of hydrogen-bond acceptors (Lipinski definition) is 7. The summed E-state index contributed by atoms with van der Waals surface area (Å²) in [6.07, 6.45) is 0.585. The number of nitrogens with one attached hydrogen (secondary N) is 1. The van der Waals surface area contributed by atoms with Gasteiger partial charge in [-0.25, -0.2) is 0 Å². The van der Waals surface area contributed by atoms with Crippen LogP contribution in [0.15, 0.2) is 75.9 Å². The Bertz CT molecular complexity index is 1410. The summed E-state index contributed by atoms with van der Waals surface area (Å²) in [6.45, 7) is 0.0491. The van der Waals surface area contributed by atoms with E-state index >= 15 is 0 Å². The fraction of sp³-hybridized carbons (Fsp3) is 0.214. The molecule has 1 aromatic heterocycles. The summed E-state index contributed by atoms with van der Waals surface area (Å²) in [6, 6.07) is 19.6. The maximum Gasteiger partial charge on any atom is 0.257 e. The number of rotatable bonds is 10. The highest BCUT2D eigenvalue weighted by Gasteiger charge is 2.19. The molecular formula is C28H27NO7. The Kier molecular flexibility index (Phi) is 7.75. The molecule has 186 valence electrons. The van der Waals surface area contributed by atoms with Crippen LogP contribution in [0.25, 0.3) is 22.3 Å². The molecule has 4 rings (SSSR count). The third-order valence-electron chi connectivity index (χ3n) is 5.64. The Morgan fingerprint density at radius 2 is 1.64 bits per heavy atom. The van der Waals surface area contributed by atoms with Crippen LogP contribution in [0.1, 0.15) is 5.56 Å². The van der Waals surface area contributed by atoms with E-state index < -0.39 is 0 Å². The Balaban J connectivity index is 1.47. The smallest absolute Gasteiger partial charge is 0.257 e. The first-order valence-electron chi connectivity index (χ1n) is 11.3. The molecule has 0 saturated heterocycles. The van der Waals surface area contributed by atoms with Crippen LogP contribution in [-0.2, 0) is 11.2 Å². The minimum atomic E-state index is -0.358. The van der Waals surface area contributed by atoms with E-state index in [1.807, 2.05) is 18.2 Å². The van der Waals surface area contributed by atoms with Crippen LogP contribution >= 0.6 is 0 Å². The van der Waals surface area contributed by atoms with E-state index in [-0.39, 0.29) is 29.5 Å². The molecule has 0 saturated carbocycles. The van der Waals surface area contributed by atoms with E-state index in [1.54, 1.807) is 69.9 Å². The van der Waals surface area contributed by atoms with Gasteiger partial charge in [-0.2, -0.15) is 0 Å². The first-order valence-corrected chi connectivity index (χ1v) is 11.3. The van der Waals surface area contributed by atoms with Gasteiger partial charge in [-0.15, -0.1) is 0 Å². The van der Waals surface area contributed by atoms with Gasteiger partial charge in [-0.3, -0.25) is 9.59 Å². The molecule has 3 aromatic carbocycles. The summed E-state index contributed by atoms with van der Waals surface area (Å²) in [5.41, 5.74) is 1.69. The van der Waals surface area contributed by atoms with Crippen LogP contribution in [-0.4, -0.2) is 40.4 Å². The number of hydrogen-bond donors (Lipinski definition) is 1. The third kappa shape index (κ3) is 5.43. The number of ether oxygens (including phenoxy) is 4. The first-order chi connectivity index (χ1) is 17.5. The molecule has 8 heteroatoms. The molecule has 36 heavy (non-hydrogen) atoms. The van der Waals surface area contributed by atoms with Crippen LogP contribution < -0.4 is 29.7 Å². The highest BCUT2D eigenvalue weighted by atomic mass is 16.5. The van der Waals surface area contributed by atoms with Gasteiger partial charge >= 0.3 is 0 Å². The Labute approximate surface area is 208 Å². The van der Waals surface area contributed by atoms with Crippen LogP contribution in [0.4, 0.5) is 0 Å². The molecule has 1 amide bonds. The summed E-state index contributed by atoms with van der Waals surface area (Å²) in [4.78, 5) is 25.7. The van der Waals surface area contributed by atoms with E-state index in [1.165, 1.54) is 0 Å². The second-order valence-electron chi connectivity index (χ2n) is 7.89. The molecule has 0 atom stereocenters. The number of para-hydroxylation sites is 1. The molecule has 0 unspecified atom stereocenters. The molecule has 0 aliphatic heterocycles. The van der Waals surface area contributed by atoms with Crippen molar-refractivity contribution in [1.29, 1.82) is 0 Å². The average Bonchev–Trinajstić information content (AvgIpc) is 2.92. The van der Waals surface area contributed by atoms with Gasteiger partial charge < -0.3 is 28.7 Å². The minimum absolute atomic E-state index is 0.0195. The minimum Gasteiger partial charge on any atom is -0.497 e. The lowest BCUT2D eigenvalue weighted by Gasteiger charge is -2.12. The van der Waals surface area contributed by atoms with Crippen LogP contribution in [0, 0.1) is 0 Å². The molecule has 0 bridgehead atoms. The number of benzene rings is 3. The number of methoxy groups -OCH3 is 3. The Morgan fingerprint density at radius 1 is 0.889 bits per heavy atom. The lowest BCUT2D eigenvalue weighted by atomic mass is 10.1. The van der Waals surface area contributed by atoms with E-state index in [4.69, 9.17) is 23.4 Å². The van der Waals surface area contributed by atoms with Gasteiger partial charge in [0.1, 0.15) is 11.3 Å². The van der Waals surface area contributed by atoms with Crippen molar-refractivity contribution in [1.82, 2.24) is 5.32 Å². The van der Waals surface area contributed by atoms with Crippen molar-refractivity contribution >= 4 is 16.9 Å². The molecule has 4 aromatic rings. The molecule has 0 spiro atoms. The molecule has 0 aliphatic carbocycles. The monoisotopic (exact) mass is 489 g/mol. The summed E-state index contributed by atoms with van der Waals surface area (Å²) in [7, 11) is 4.72. The molecule has 0 fully saturated rings. The fourth-order valence-electron chi connectivity index (χ4n) is 3.76. The lowest BCUT2D eigenvalue weighted by Crippen LogP contribution is -2.31. The number of carbonyl (C=O) groups excluding carboxylic acids is 1. The predicted molar refractivity (Wildman–Crippen MR) is 136 cm³/mol. The maximum absolute atomic E-state index is 13.2. The third-order valence-corrected chi connectivity index (χ3v) is 5.64. The van der Waals surface area contributed by atoms with Gasteiger partial charge in [0.05, 0.1) is 26.7 Å². The van der Waals surface area contributed by atoms with E-state index in [2.05, 4.69) is 5.32 Å². The molecular weight excluding hydrogens is 462 g/mol. The molecule has 1 heterocycles. The molecule has 0 aliphatic rings. The summed E-state index contributed by atoms with van der Waals surface area (Å²) >= 11 is 0. The maximum atomic E-state index is 13.2. The SMILES string of the molecule is COc1ccc(-c2oc3ccccc3c(=O)c2OCC(=O)NCCc2ccc(OC)c(OC)c2)cc1. The van der Waals surface area contributed by atoms with Crippen molar-refractivity contribution in [2.75, 3.05) is 34.5 Å². The van der Waals surface area contributed by atoms with Gasteiger partial charge in [0.2, 0.25) is 11.2 Å². The molecule has 0 radical (unpaired) electrons. The van der Waals surface area contributed by atoms with Crippen molar-refractivity contribution < 1.29 is 28.2 Å². The summed E-state index contributed by atoms with van der Waals surface area (Å²) < 4.78 is 27.5. The standard InChI is InChI=1S/C28H27NO7/c1-32-20-11-9-19(10-12-20)27-28(26(31)21-6-4-5-7-22(21)36-27)35-17-25(30)29-15-14-18-8-13-23(33-2)24(16-18)34-3/h4-13,16H,14-15,17H2,1-3H3,(H,29,30). The zero-order valence-corrected chi connectivity index (χ0v) is 20.3. The van der Waals surface area contributed by atoms with Crippen molar-refractivity contribution in [2.24, 2.45) is 0 Å². The summed E-state index contributed by atoms with van der Waals surface area (Å²) in [5.74, 6) is 1.80. The topological polar surface area (TPSA) is 96.2 Å². The highest BCUT2D eigenvalue weighted by Crippen LogP contribution is 2.32. The van der Waals surface area contributed by atoms with Gasteiger partial charge in [-0.05, 0) is 60.5 Å². The van der Waals surface area contributed by atoms with Crippen LogP contribution in [0.2, 0.25) is 0 Å². The number of carbonyl (C=O) groups is 1. The normalized spacial score (nSPS) is 10.6. The first kappa shape index (κ1) is 24.7. The largest absolute Gasteiger partial charge is 0.497 e. The van der Waals surface area contributed by atoms with Gasteiger partial charge in [0, 0.05) is 12.1 Å². The zero-order valence-electron chi connectivity index (χ0n) is 20.3. The van der Waals surface area contributed by atoms with E-state index in [0.717, 1.165) is 5.56 Å². The second kappa shape index (κ2) is 11.3. The van der Waals surface area contributed by atoms with Crippen molar-refractivity contribution in [3.8, 4) is 34.3 Å². The zero-order chi connectivity index (χ0) is 25.5. The number of fused-ring (bicyclic) bond motifs is 1. The van der Waals surface area contributed by atoms with Gasteiger partial charge in [-0.1, -0.05) is 18.2 Å². The van der Waals surface area contributed by atoms with E-state index in [0.29, 0.717) is 46.7 Å². The van der Waals surface area contributed by atoms with E-state index in [9.17, 15) is 9.59 Å². The lowest BCUT2D eigenvalue weighted by molar-refractivity contribution is -0.123. The van der Waals surface area contributed by atoms with Crippen LogP contribution in [0.3, 0.4) is 0 Å². The predicted octanol–water partition coefficient (Wildman–Crippen LogP) is 4.22. The quantitative estimate of drug-likeness (QED) is 0.356. The van der Waals surface area contributed by atoms with Crippen molar-refractivity contribution in [3.05, 3.63) is 82.5 Å². The Hall–Kier alpha value is -4.46. The van der Waals surface area contributed by atoms with Crippen molar-refractivity contribution in [2.45, 2.75) is 6.42 Å². The van der Waals surface area contributed by atoms with Crippen LogP contribution in [0.5, 0.6) is 23.0 Å².